The van der Waals surface area contributed by atoms with Gasteiger partial charge in [0.15, 0.2) is 11.0 Å². The summed E-state index contributed by atoms with van der Waals surface area (Å²) in [4.78, 5) is 0.328. The van der Waals surface area contributed by atoms with E-state index in [1.54, 1.807) is 28.2 Å². The number of thioether (sulfide) groups is 1. The molecule has 0 amide bonds. The molecule has 0 atom stereocenters. The molecule has 0 radical (unpaired) electrons. The number of fused-ring (bicyclic) bond motifs is 1. The van der Waals surface area contributed by atoms with Gasteiger partial charge in [-0.3, -0.25) is 4.68 Å². The van der Waals surface area contributed by atoms with Gasteiger partial charge in [-0.1, -0.05) is 44.7 Å². The predicted octanol–water partition coefficient (Wildman–Crippen LogP) is 3.68. The summed E-state index contributed by atoms with van der Waals surface area (Å²) in [5, 5.41) is 14.3. The van der Waals surface area contributed by atoms with Crippen LogP contribution in [-0.4, -0.2) is 49.6 Å². The zero-order valence-electron chi connectivity index (χ0n) is 19.2. The first-order valence-electron chi connectivity index (χ1n) is 11.0. The van der Waals surface area contributed by atoms with Gasteiger partial charge in [-0.15, -0.1) is 10.2 Å². The van der Waals surface area contributed by atoms with E-state index < -0.39 is 10.0 Å². The topological polar surface area (TPSA) is 85.9 Å². The fourth-order valence-corrected chi connectivity index (χ4v) is 6.25. The molecular weight excluding hydrogens is 444 g/mol. The summed E-state index contributed by atoms with van der Waals surface area (Å²) in [5.41, 5.74) is 3.81. The summed E-state index contributed by atoms with van der Waals surface area (Å²) < 4.78 is 32.3. The van der Waals surface area contributed by atoms with Crippen molar-refractivity contribution in [3.05, 3.63) is 41.1 Å². The molecule has 2 aromatic heterocycles. The van der Waals surface area contributed by atoms with Crippen LogP contribution in [0.5, 0.6) is 0 Å². The number of benzene rings is 1. The van der Waals surface area contributed by atoms with Crippen molar-refractivity contribution in [3.63, 3.8) is 0 Å². The minimum absolute atomic E-state index is 0.277. The van der Waals surface area contributed by atoms with Crippen LogP contribution in [0.25, 0.3) is 11.5 Å². The summed E-state index contributed by atoms with van der Waals surface area (Å²) in [6.45, 7) is 9.76. The Morgan fingerprint density at radius 1 is 1.12 bits per heavy atom. The van der Waals surface area contributed by atoms with Crippen LogP contribution in [-0.2, 0) is 36.6 Å². The van der Waals surface area contributed by atoms with E-state index in [0.717, 1.165) is 40.0 Å². The fourth-order valence-electron chi connectivity index (χ4n) is 4.11. The third-order valence-corrected chi connectivity index (χ3v) is 8.62. The maximum absolute atomic E-state index is 13.4. The van der Waals surface area contributed by atoms with E-state index >= 15 is 0 Å². The quantitative estimate of drug-likeness (QED) is 0.486. The lowest BCUT2D eigenvalue weighted by molar-refractivity contribution is 0.386. The second-order valence-electron chi connectivity index (χ2n) is 8.19. The van der Waals surface area contributed by atoms with Gasteiger partial charge in [0.2, 0.25) is 10.0 Å². The largest absolute Gasteiger partial charge is 0.301 e. The van der Waals surface area contributed by atoms with Crippen molar-refractivity contribution >= 4 is 21.8 Å². The van der Waals surface area contributed by atoms with E-state index in [2.05, 4.69) is 42.5 Å². The first-order valence-corrected chi connectivity index (χ1v) is 13.4. The third kappa shape index (κ3) is 3.99. The predicted molar refractivity (Wildman–Crippen MR) is 126 cm³/mol. The minimum atomic E-state index is -3.61. The lowest BCUT2D eigenvalue weighted by atomic mass is 10.0. The number of nitrogens with zero attached hydrogens (tertiary/aromatic N) is 6. The van der Waals surface area contributed by atoms with Crippen LogP contribution in [0, 0.1) is 0 Å². The number of rotatable bonds is 7. The van der Waals surface area contributed by atoms with E-state index in [0.29, 0.717) is 29.6 Å². The summed E-state index contributed by atoms with van der Waals surface area (Å²) in [5.74, 6) is 1.95. The highest BCUT2D eigenvalue weighted by Gasteiger charge is 2.33. The van der Waals surface area contributed by atoms with Crippen molar-refractivity contribution in [2.75, 3.05) is 12.3 Å². The average Bonchev–Trinajstić information content (AvgIpc) is 3.34. The minimum Gasteiger partial charge on any atom is -0.301 e. The Morgan fingerprint density at radius 2 is 1.84 bits per heavy atom. The molecule has 0 saturated heterocycles. The zero-order chi connectivity index (χ0) is 23.0. The van der Waals surface area contributed by atoms with Gasteiger partial charge < -0.3 is 4.57 Å². The van der Waals surface area contributed by atoms with E-state index in [-0.39, 0.29) is 6.54 Å². The Balaban J connectivity index is 1.70. The molecule has 0 unspecified atom stereocenters. The highest BCUT2D eigenvalue weighted by Crippen LogP contribution is 2.33. The lowest BCUT2D eigenvalue weighted by Crippen LogP contribution is -2.36. The molecule has 4 rings (SSSR count). The van der Waals surface area contributed by atoms with Crippen LogP contribution in [0.3, 0.4) is 0 Å². The Labute approximate surface area is 194 Å². The van der Waals surface area contributed by atoms with Crippen LogP contribution in [0.4, 0.5) is 0 Å². The zero-order valence-corrected chi connectivity index (χ0v) is 20.9. The van der Waals surface area contributed by atoms with Crippen LogP contribution < -0.4 is 0 Å². The van der Waals surface area contributed by atoms with Crippen molar-refractivity contribution in [2.24, 2.45) is 7.05 Å². The monoisotopic (exact) mass is 474 g/mol. The first-order chi connectivity index (χ1) is 15.3. The van der Waals surface area contributed by atoms with Crippen molar-refractivity contribution in [3.8, 4) is 11.5 Å². The maximum atomic E-state index is 13.4. The van der Waals surface area contributed by atoms with E-state index in [4.69, 9.17) is 5.10 Å². The number of hydrogen-bond acceptors (Lipinski definition) is 6. The number of aromatic nitrogens is 5. The van der Waals surface area contributed by atoms with Crippen LogP contribution in [0.15, 0.2) is 34.3 Å². The Bertz CT molecular complexity index is 1210. The molecular formula is C22H30N6O2S2. The van der Waals surface area contributed by atoms with Gasteiger partial charge >= 0.3 is 0 Å². The summed E-state index contributed by atoms with van der Waals surface area (Å²) in [6.07, 6.45) is 0.610. The molecule has 172 valence electrons. The van der Waals surface area contributed by atoms with Crippen LogP contribution in [0.1, 0.15) is 50.4 Å². The highest BCUT2D eigenvalue weighted by molar-refractivity contribution is 7.99. The normalized spacial score (nSPS) is 14.8. The van der Waals surface area contributed by atoms with E-state index in [1.807, 2.05) is 23.9 Å². The molecule has 0 spiro atoms. The fraction of sp³-hybridized carbons (Fsp3) is 0.500. The van der Waals surface area contributed by atoms with Gasteiger partial charge in [0.1, 0.15) is 5.69 Å². The van der Waals surface area contributed by atoms with Crippen LogP contribution in [0.2, 0.25) is 0 Å². The van der Waals surface area contributed by atoms with Crippen molar-refractivity contribution in [2.45, 2.75) is 63.2 Å². The molecule has 3 aromatic rings. The SMILES string of the molecule is CCSc1nnc(-c2nn(C)c3c2CN(S(=O)(=O)c2ccc(C(C)C)cc2)CC3)n1CC. The first kappa shape index (κ1) is 23.0. The molecule has 0 saturated carbocycles. The maximum Gasteiger partial charge on any atom is 0.243 e. The molecule has 1 aromatic carbocycles. The lowest BCUT2D eigenvalue weighted by Gasteiger charge is -2.27. The molecule has 0 bridgehead atoms. The van der Waals surface area contributed by atoms with Gasteiger partial charge in [0.25, 0.3) is 0 Å². The summed E-state index contributed by atoms with van der Waals surface area (Å²) >= 11 is 1.64. The standard InChI is InChI=1S/C22H30N6O2S2/c1-6-28-21(23-24-22(28)31-7-2)20-18-14-27(13-12-19(18)26(5)25-20)32(29,30)17-10-8-16(9-11-17)15(3)4/h8-11,15H,6-7,12-14H2,1-5H3. The van der Waals surface area contributed by atoms with Gasteiger partial charge in [0.05, 0.1) is 4.90 Å². The Kier molecular flexibility index (Phi) is 6.46. The van der Waals surface area contributed by atoms with Crippen molar-refractivity contribution < 1.29 is 8.42 Å². The third-order valence-electron chi connectivity index (χ3n) is 5.91. The molecule has 1 aliphatic heterocycles. The number of hydrogen-bond donors (Lipinski definition) is 0. The molecule has 0 N–H and O–H groups in total. The Morgan fingerprint density at radius 3 is 2.47 bits per heavy atom. The van der Waals surface area contributed by atoms with Gasteiger partial charge in [-0.25, -0.2) is 8.42 Å². The average molecular weight is 475 g/mol. The summed E-state index contributed by atoms with van der Waals surface area (Å²) in [7, 11) is -1.70. The molecule has 32 heavy (non-hydrogen) atoms. The number of sulfonamides is 1. The van der Waals surface area contributed by atoms with Crippen molar-refractivity contribution in [1.82, 2.24) is 28.9 Å². The van der Waals surface area contributed by atoms with E-state index in [1.165, 1.54) is 0 Å². The second kappa shape index (κ2) is 8.99. The molecule has 0 fully saturated rings. The van der Waals surface area contributed by atoms with Gasteiger partial charge in [0, 0.05) is 44.4 Å². The molecule has 8 nitrogen and oxygen atoms in total. The molecule has 10 heteroatoms. The highest BCUT2D eigenvalue weighted by atomic mass is 32.2. The number of aryl methyl sites for hydroxylation is 1. The van der Waals surface area contributed by atoms with Gasteiger partial charge in [-0.05, 0) is 36.3 Å². The molecule has 3 heterocycles. The molecule has 0 aliphatic carbocycles. The van der Waals surface area contributed by atoms with Crippen LogP contribution >= 0.6 is 11.8 Å². The van der Waals surface area contributed by atoms with Crippen molar-refractivity contribution in [1.29, 1.82) is 0 Å². The van der Waals surface area contributed by atoms with Gasteiger partial charge in [-0.2, -0.15) is 9.40 Å². The summed E-state index contributed by atoms with van der Waals surface area (Å²) in [6, 6.07) is 7.23. The smallest absolute Gasteiger partial charge is 0.243 e. The Hall–Kier alpha value is -2.17. The second-order valence-corrected chi connectivity index (χ2v) is 11.4. The molecule has 1 aliphatic rings. The van der Waals surface area contributed by atoms with E-state index in [9.17, 15) is 8.42 Å².